The highest BCUT2D eigenvalue weighted by atomic mass is 32.2. The smallest absolute Gasteiger partial charge is 0.205 e. The molecule has 2 rings (SSSR count). The number of benzene rings is 2. The zero-order valence-electron chi connectivity index (χ0n) is 9.69. The monoisotopic (exact) mass is 286 g/mol. The number of halogens is 4. The number of rotatable bonds is 4. The van der Waals surface area contributed by atoms with Gasteiger partial charge in [-0.15, -0.1) is 0 Å². The molecule has 0 fully saturated rings. The van der Waals surface area contributed by atoms with Crippen LogP contribution in [0.5, 0.6) is 0 Å². The van der Waals surface area contributed by atoms with Gasteiger partial charge in [0.05, 0.1) is 0 Å². The Bertz CT molecular complexity index is 505. The van der Waals surface area contributed by atoms with Crippen LogP contribution in [0.2, 0.25) is 0 Å². The van der Waals surface area contributed by atoms with Crippen molar-refractivity contribution < 1.29 is 17.6 Å². The molecule has 0 bridgehead atoms. The first-order valence-electron chi connectivity index (χ1n) is 5.50. The SMILES string of the molecule is FC(F)c1cccc(Sc2cccc(C(F)F)c2)c1. The molecule has 0 N–H and O–H groups in total. The highest BCUT2D eigenvalue weighted by Gasteiger charge is 2.10. The first-order valence-corrected chi connectivity index (χ1v) is 6.32. The van der Waals surface area contributed by atoms with Gasteiger partial charge in [-0.3, -0.25) is 0 Å². The standard InChI is InChI=1S/C14H10F4S/c15-13(16)9-3-1-5-11(7-9)19-12-6-2-4-10(8-12)14(17)18/h1-8,13-14H. The maximum absolute atomic E-state index is 12.5. The molecule has 0 aliphatic rings. The lowest BCUT2D eigenvalue weighted by Gasteiger charge is -2.06. The number of hydrogen-bond donors (Lipinski definition) is 0. The third-order valence-corrected chi connectivity index (χ3v) is 3.44. The number of alkyl halides is 4. The van der Waals surface area contributed by atoms with Crippen LogP contribution in [0.1, 0.15) is 24.0 Å². The van der Waals surface area contributed by atoms with E-state index in [-0.39, 0.29) is 11.1 Å². The lowest BCUT2D eigenvalue weighted by atomic mass is 10.2. The van der Waals surface area contributed by atoms with Crippen molar-refractivity contribution in [3.63, 3.8) is 0 Å². The minimum atomic E-state index is -2.53. The molecule has 19 heavy (non-hydrogen) atoms. The molecule has 0 spiro atoms. The third-order valence-electron chi connectivity index (χ3n) is 2.46. The normalized spacial score (nSPS) is 11.3. The van der Waals surface area contributed by atoms with Gasteiger partial charge in [0.2, 0.25) is 0 Å². The average Bonchev–Trinajstić information content (AvgIpc) is 2.39. The molecule has 0 aliphatic heterocycles. The summed E-state index contributed by atoms with van der Waals surface area (Å²) in [5.41, 5.74) is -0.148. The molecular weight excluding hydrogens is 276 g/mol. The minimum absolute atomic E-state index is 0.0741. The Labute approximate surface area is 112 Å². The lowest BCUT2D eigenvalue weighted by Crippen LogP contribution is -1.85. The van der Waals surface area contributed by atoms with Crippen molar-refractivity contribution in [2.24, 2.45) is 0 Å². The fourth-order valence-electron chi connectivity index (χ4n) is 1.56. The topological polar surface area (TPSA) is 0 Å². The van der Waals surface area contributed by atoms with Gasteiger partial charge in [-0.2, -0.15) is 0 Å². The van der Waals surface area contributed by atoms with Gasteiger partial charge in [-0.25, -0.2) is 17.6 Å². The van der Waals surface area contributed by atoms with Crippen LogP contribution in [0.25, 0.3) is 0 Å². The fourth-order valence-corrected chi connectivity index (χ4v) is 2.52. The summed E-state index contributed by atoms with van der Waals surface area (Å²) in [5, 5.41) is 0. The predicted molar refractivity (Wildman–Crippen MR) is 66.9 cm³/mol. The fraction of sp³-hybridized carbons (Fsp3) is 0.143. The van der Waals surface area contributed by atoms with E-state index in [0.29, 0.717) is 9.79 Å². The van der Waals surface area contributed by atoms with E-state index < -0.39 is 12.9 Å². The molecule has 2 aromatic rings. The van der Waals surface area contributed by atoms with Crippen molar-refractivity contribution in [3.05, 3.63) is 59.7 Å². The van der Waals surface area contributed by atoms with E-state index in [9.17, 15) is 17.6 Å². The summed E-state index contributed by atoms with van der Waals surface area (Å²) in [7, 11) is 0. The van der Waals surface area contributed by atoms with E-state index in [1.54, 1.807) is 12.1 Å². The first-order chi connectivity index (χ1) is 9.06. The van der Waals surface area contributed by atoms with Crippen LogP contribution >= 0.6 is 11.8 Å². The van der Waals surface area contributed by atoms with E-state index in [1.807, 2.05) is 0 Å². The highest BCUT2D eigenvalue weighted by Crippen LogP contribution is 2.32. The second-order valence-electron chi connectivity index (χ2n) is 3.85. The predicted octanol–water partition coefficient (Wildman–Crippen LogP) is 5.71. The summed E-state index contributed by atoms with van der Waals surface area (Å²) in [4.78, 5) is 1.20. The summed E-state index contributed by atoms with van der Waals surface area (Å²) in [6, 6.07) is 11.8. The molecule has 0 atom stereocenters. The Morgan fingerprint density at radius 1 is 0.684 bits per heavy atom. The van der Waals surface area contributed by atoms with E-state index in [4.69, 9.17) is 0 Å². The van der Waals surface area contributed by atoms with Crippen LogP contribution in [0, 0.1) is 0 Å². The van der Waals surface area contributed by atoms with Gasteiger partial charge in [0.1, 0.15) is 0 Å². The molecule has 0 radical (unpaired) electrons. The molecule has 0 amide bonds. The summed E-state index contributed by atoms with van der Waals surface area (Å²) >= 11 is 1.18. The first kappa shape index (κ1) is 13.9. The zero-order chi connectivity index (χ0) is 13.8. The van der Waals surface area contributed by atoms with Crippen molar-refractivity contribution in [1.82, 2.24) is 0 Å². The van der Waals surface area contributed by atoms with Crippen LogP contribution in [0.15, 0.2) is 58.3 Å². The lowest BCUT2D eigenvalue weighted by molar-refractivity contribution is 0.150. The van der Waals surface area contributed by atoms with E-state index in [2.05, 4.69) is 0 Å². The van der Waals surface area contributed by atoms with Crippen LogP contribution in [0.4, 0.5) is 17.6 Å². The summed E-state index contributed by atoms with van der Waals surface area (Å²) in [5.74, 6) is 0. The zero-order valence-corrected chi connectivity index (χ0v) is 10.5. The molecule has 2 aromatic carbocycles. The Morgan fingerprint density at radius 2 is 1.11 bits per heavy atom. The minimum Gasteiger partial charge on any atom is -0.205 e. The van der Waals surface area contributed by atoms with Gasteiger partial charge >= 0.3 is 0 Å². The van der Waals surface area contributed by atoms with Crippen LogP contribution in [0.3, 0.4) is 0 Å². The Hall–Kier alpha value is -1.49. The molecule has 0 unspecified atom stereocenters. The molecule has 0 saturated carbocycles. The molecule has 0 nitrogen and oxygen atoms in total. The van der Waals surface area contributed by atoms with Crippen LogP contribution < -0.4 is 0 Å². The molecule has 0 heterocycles. The van der Waals surface area contributed by atoms with E-state index in [0.717, 1.165) is 0 Å². The molecule has 0 aromatic heterocycles. The summed E-state index contributed by atoms with van der Waals surface area (Å²) in [6.07, 6.45) is -5.07. The van der Waals surface area contributed by atoms with Crippen molar-refractivity contribution in [1.29, 1.82) is 0 Å². The molecule has 5 heteroatoms. The third kappa shape index (κ3) is 3.73. The Kier molecular flexibility index (Phi) is 4.47. The van der Waals surface area contributed by atoms with Gasteiger partial charge in [0.15, 0.2) is 0 Å². The quantitative estimate of drug-likeness (QED) is 0.648. The second kappa shape index (κ2) is 6.10. The molecule has 0 aliphatic carbocycles. The van der Waals surface area contributed by atoms with E-state index >= 15 is 0 Å². The number of hydrogen-bond acceptors (Lipinski definition) is 1. The van der Waals surface area contributed by atoms with Crippen molar-refractivity contribution >= 4 is 11.8 Å². The van der Waals surface area contributed by atoms with Crippen LogP contribution in [-0.2, 0) is 0 Å². The largest absolute Gasteiger partial charge is 0.263 e. The van der Waals surface area contributed by atoms with Crippen molar-refractivity contribution in [2.45, 2.75) is 22.6 Å². The summed E-state index contributed by atoms with van der Waals surface area (Å²) < 4.78 is 50.2. The maximum Gasteiger partial charge on any atom is 0.263 e. The van der Waals surface area contributed by atoms with Gasteiger partial charge in [0.25, 0.3) is 12.9 Å². The molecule has 100 valence electrons. The van der Waals surface area contributed by atoms with Gasteiger partial charge in [-0.05, 0) is 24.3 Å². The second-order valence-corrected chi connectivity index (χ2v) is 5.00. The maximum atomic E-state index is 12.5. The van der Waals surface area contributed by atoms with Gasteiger partial charge in [-0.1, -0.05) is 36.0 Å². The molecule has 0 saturated heterocycles. The average molecular weight is 286 g/mol. The Morgan fingerprint density at radius 3 is 1.47 bits per heavy atom. The van der Waals surface area contributed by atoms with Gasteiger partial charge < -0.3 is 0 Å². The molecular formula is C14H10F4S. The van der Waals surface area contributed by atoms with Crippen LogP contribution in [-0.4, -0.2) is 0 Å². The van der Waals surface area contributed by atoms with Crippen molar-refractivity contribution in [2.75, 3.05) is 0 Å². The highest BCUT2D eigenvalue weighted by molar-refractivity contribution is 7.99. The van der Waals surface area contributed by atoms with E-state index in [1.165, 1.54) is 48.2 Å². The summed E-state index contributed by atoms with van der Waals surface area (Å²) in [6.45, 7) is 0. The Balaban J connectivity index is 2.21. The van der Waals surface area contributed by atoms with Crippen molar-refractivity contribution in [3.8, 4) is 0 Å². The van der Waals surface area contributed by atoms with Gasteiger partial charge in [0, 0.05) is 20.9 Å².